The molecule has 3 aromatic heterocycles. The van der Waals surface area contributed by atoms with Gasteiger partial charge in [-0.15, -0.1) is 0 Å². The van der Waals surface area contributed by atoms with Crippen molar-refractivity contribution < 1.29 is 4.52 Å². The highest BCUT2D eigenvalue weighted by atomic mass is 16.5. The third-order valence-corrected chi connectivity index (χ3v) is 5.21. The number of pyridine rings is 2. The zero-order valence-electron chi connectivity index (χ0n) is 15.9. The molecule has 5 rings (SSSR count). The number of rotatable bonds is 3. The average Bonchev–Trinajstić information content (AvgIpc) is 3.23. The Hall–Kier alpha value is -3.58. The predicted molar refractivity (Wildman–Crippen MR) is 109 cm³/mol. The summed E-state index contributed by atoms with van der Waals surface area (Å²) >= 11 is 0. The minimum Gasteiger partial charge on any atom is -0.333 e. The standard InChI is InChI=1S/C22H19N5O2/c1-13-19(16-9-10-23-11-15(16)12-24-13)20-26-22(29-27-20)17-7-8-18(25-21(17)28)14-5-3-2-4-6-14/h2-8,12,23H,9-11H2,1H3,(H,25,28). The molecule has 0 saturated heterocycles. The fourth-order valence-corrected chi connectivity index (χ4v) is 3.73. The predicted octanol–water partition coefficient (Wildman–Crippen LogP) is 3.11. The van der Waals surface area contributed by atoms with Crippen molar-refractivity contribution in [2.75, 3.05) is 6.54 Å². The molecular weight excluding hydrogens is 366 g/mol. The van der Waals surface area contributed by atoms with E-state index in [1.165, 1.54) is 5.56 Å². The Morgan fingerprint density at radius 1 is 1.10 bits per heavy atom. The molecule has 0 amide bonds. The number of aryl methyl sites for hydroxylation is 1. The van der Waals surface area contributed by atoms with Crippen LogP contribution in [0.2, 0.25) is 0 Å². The van der Waals surface area contributed by atoms with Crippen LogP contribution in [-0.2, 0) is 13.0 Å². The largest absolute Gasteiger partial charge is 0.333 e. The second kappa shape index (κ2) is 7.10. The third kappa shape index (κ3) is 3.15. The lowest BCUT2D eigenvalue weighted by Gasteiger charge is -2.19. The first-order valence-electron chi connectivity index (χ1n) is 9.52. The van der Waals surface area contributed by atoms with E-state index in [4.69, 9.17) is 4.52 Å². The molecule has 0 unspecified atom stereocenters. The molecule has 144 valence electrons. The number of aromatic nitrogens is 4. The number of H-pyrrole nitrogens is 1. The summed E-state index contributed by atoms with van der Waals surface area (Å²) in [6.45, 7) is 3.62. The SMILES string of the molecule is Cc1ncc2c(c1-c1noc(-c3ccc(-c4ccccc4)[nH]c3=O)n1)CCNC2. The number of nitrogens with zero attached hydrogens (tertiary/aromatic N) is 3. The van der Waals surface area contributed by atoms with Gasteiger partial charge >= 0.3 is 0 Å². The summed E-state index contributed by atoms with van der Waals surface area (Å²) in [5, 5.41) is 7.50. The van der Waals surface area contributed by atoms with Crippen LogP contribution in [0.15, 0.2) is 58.0 Å². The summed E-state index contributed by atoms with van der Waals surface area (Å²) in [6, 6.07) is 13.2. The molecule has 1 aliphatic heterocycles. The second-order valence-electron chi connectivity index (χ2n) is 7.05. The Bertz CT molecular complexity index is 1240. The molecule has 0 radical (unpaired) electrons. The lowest BCUT2D eigenvalue weighted by Crippen LogP contribution is -2.24. The highest BCUT2D eigenvalue weighted by molar-refractivity contribution is 5.67. The number of hydrogen-bond acceptors (Lipinski definition) is 6. The van der Waals surface area contributed by atoms with Gasteiger partial charge in [0.2, 0.25) is 5.82 Å². The molecule has 29 heavy (non-hydrogen) atoms. The molecule has 0 saturated carbocycles. The topological polar surface area (TPSA) is 96.7 Å². The Morgan fingerprint density at radius 2 is 1.97 bits per heavy atom. The number of fused-ring (bicyclic) bond motifs is 1. The van der Waals surface area contributed by atoms with Crippen molar-refractivity contribution in [3.63, 3.8) is 0 Å². The van der Waals surface area contributed by atoms with Gasteiger partial charge in [-0.2, -0.15) is 4.98 Å². The van der Waals surface area contributed by atoms with Crippen molar-refractivity contribution in [1.82, 2.24) is 25.4 Å². The van der Waals surface area contributed by atoms with E-state index in [9.17, 15) is 4.79 Å². The fraction of sp³-hybridized carbons (Fsp3) is 0.182. The average molecular weight is 385 g/mol. The summed E-state index contributed by atoms with van der Waals surface area (Å²) < 4.78 is 5.45. The van der Waals surface area contributed by atoms with Crippen LogP contribution >= 0.6 is 0 Å². The Balaban J connectivity index is 1.54. The van der Waals surface area contributed by atoms with Crippen molar-refractivity contribution in [2.24, 2.45) is 0 Å². The molecular formula is C22H19N5O2. The van der Waals surface area contributed by atoms with Gasteiger partial charge in [-0.05, 0) is 48.7 Å². The van der Waals surface area contributed by atoms with Crippen molar-refractivity contribution in [3.8, 4) is 34.1 Å². The van der Waals surface area contributed by atoms with Crippen LogP contribution in [-0.4, -0.2) is 26.7 Å². The number of hydrogen-bond donors (Lipinski definition) is 2. The lowest BCUT2D eigenvalue weighted by molar-refractivity contribution is 0.431. The highest BCUT2D eigenvalue weighted by Gasteiger charge is 2.22. The monoisotopic (exact) mass is 385 g/mol. The van der Waals surface area contributed by atoms with Crippen LogP contribution in [0.5, 0.6) is 0 Å². The second-order valence-corrected chi connectivity index (χ2v) is 7.05. The molecule has 0 aliphatic carbocycles. The lowest BCUT2D eigenvalue weighted by atomic mass is 9.95. The maximum Gasteiger partial charge on any atom is 0.263 e. The molecule has 0 fully saturated rings. The summed E-state index contributed by atoms with van der Waals surface area (Å²) in [4.78, 5) is 24.6. The Kier molecular flexibility index (Phi) is 4.29. The van der Waals surface area contributed by atoms with E-state index >= 15 is 0 Å². The summed E-state index contributed by atoms with van der Waals surface area (Å²) in [5.74, 6) is 0.669. The number of benzene rings is 1. The van der Waals surface area contributed by atoms with E-state index < -0.39 is 0 Å². The quantitative estimate of drug-likeness (QED) is 0.562. The molecule has 7 heteroatoms. The van der Waals surface area contributed by atoms with E-state index in [0.717, 1.165) is 47.6 Å². The molecule has 7 nitrogen and oxygen atoms in total. The first-order valence-corrected chi connectivity index (χ1v) is 9.52. The van der Waals surface area contributed by atoms with Crippen molar-refractivity contribution >= 4 is 0 Å². The maximum absolute atomic E-state index is 12.7. The molecule has 4 aromatic rings. The van der Waals surface area contributed by atoms with Gasteiger partial charge in [-0.3, -0.25) is 9.78 Å². The van der Waals surface area contributed by atoms with E-state index in [0.29, 0.717) is 11.4 Å². The van der Waals surface area contributed by atoms with Crippen LogP contribution < -0.4 is 10.9 Å². The van der Waals surface area contributed by atoms with E-state index in [1.807, 2.05) is 49.5 Å². The van der Waals surface area contributed by atoms with Gasteiger partial charge in [0.05, 0.1) is 0 Å². The molecule has 4 heterocycles. The van der Waals surface area contributed by atoms with Gasteiger partial charge in [0, 0.05) is 29.7 Å². The molecule has 0 atom stereocenters. The minimum absolute atomic E-state index is 0.201. The summed E-state index contributed by atoms with van der Waals surface area (Å²) in [5.41, 5.74) is 5.85. The molecule has 0 bridgehead atoms. The van der Waals surface area contributed by atoms with Crippen molar-refractivity contribution in [3.05, 3.63) is 75.8 Å². The first-order chi connectivity index (χ1) is 14.2. The zero-order valence-corrected chi connectivity index (χ0v) is 15.9. The first kappa shape index (κ1) is 17.5. The highest BCUT2D eigenvalue weighted by Crippen LogP contribution is 2.30. The zero-order chi connectivity index (χ0) is 19.8. The molecule has 0 spiro atoms. The fourth-order valence-electron chi connectivity index (χ4n) is 3.73. The van der Waals surface area contributed by atoms with Gasteiger partial charge in [0.1, 0.15) is 5.56 Å². The van der Waals surface area contributed by atoms with Crippen molar-refractivity contribution in [1.29, 1.82) is 0 Å². The normalized spacial score (nSPS) is 13.3. The molecule has 2 N–H and O–H groups in total. The van der Waals surface area contributed by atoms with Crippen LogP contribution in [0.3, 0.4) is 0 Å². The van der Waals surface area contributed by atoms with Crippen molar-refractivity contribution in [2.45, 2.75) is 19.9 Å². The van der Waals surface area contributed by atoms with Crippen LogP contribution in [0, 0.1) is 6.92 Å². The maximum atomic E-state index is 12.7. The van der Waals surface area contributed by atoms with Crippen LogP contribution in [0.25, 0.3) is 34.1 Å². The van der Waals surface area contributed by atoms with Gasteiger partial charge in [-0.25, -0.2) is 0 Å². The number of nitrogens with one attached hydrogen (secondary N) is 2. The van der Waals surface area contributed by atoms with E-state index in [-0.39, 0.29) is 11.4 Å². The van der Waals surface area contributed by atoms with Gasteiger partial charge < -0.3 is 14.8 Å². The van der Waals surface area contributed by atoms with E-state index in [1.54, 1.807) is 6.07 Å². The Labute approximate surface area is 166 Å². The molecule has 1 aromatic carbocycles. The number of aromatic amines is 1. The minimum atomic E-state index is -0.268. The third-order valence-electron chi connectivity index (χ3n) is 5.21. The summed E-state index contributed by atoms with van der Waals surface area (Å²) in [6.07, 6.45) is 2.78. The van der Waals surface area contributed by atoms with E-state index in [2.05, 4.69) is 25.4 Å². The summed E-state index contributed by atoms with van der Waals surface area (Å²) in [7, 11) is 0. The van der Waals surface area contributed by atoms with Gasteiger partial charge in [-0.1, -0.05) is 35.5 Å². The van der Waals surface area contributed by atoms with Crippen LogP contribution in [0.1, 0.15) is 16.8 Å². The van der Waals surface area contributed by atoms with Gasteiger partial charge in [0.15, 0.2) is 0 Å². The van der Waals surface area contributed by atoms with Gasteiger partial charge in [0.25, 0.3) is 11.4 Å². The molecule has 1 aliphatic rings. The van der Waals surface area contributed by atoms with Crippen LogP contribution in [0.4, 0.5) is 0 Å². The smallest absolute Gasteiger partial charge is 0.263 e. The Morgan fingerprint density at radius 3 is 2.79 bits per heavy atom.